The number of hydrogen-bond acceptors (Lipinski definition) is 2. The Labute approximate surface area is 133 Å². The number of rotatable bonds is 5. The summed E-state index contributed by atoms with van der Waals surface area (Å²) in [6.07, 6.45) is 0. The van der Waals surface area contributed by atoms with E-state index in [0.717, 1.165) is 21.3 Å². The fourth-order valence-electron chi connectivity index (χ4n) is 2.09. The first kappa shape index (κ1) is 15.6. The zero-order chi connectivity index (χ0) is 15.4. The van der Waals surface area contributed by atoms with E-state index in [-0.39, 0.29) is 5.92 Å². The molecule has 0 fully saturated rings. The normalized spacial score (nSPS) is 12.2. The van der Waals surface area contributed by atoms with Crippen LogP contribution in [0.15, 0.2) is 53.0 Å². The molecule has 0 spiro atoms. The third-order valence-electron chi connectivity index (χ3n) is 3.32. The van der Waals surface area contributed by atoms with Gasteiger partial charge < -0.3 is 10.4 Å². The van der Waals surface area contributed by atoms with Crippen molar-refractivity contribution in [1.29, 1.82) is 0 Å². The molecule has 0 bridgehead atoms. The number of carboxylic acid groups (broad SMARTS) is 1. The van der Waals surface area contributed by atoms with Crippen molar-refractivity contribution >= 4 is 27.6 Å². The van der Waals surface area contributed by atoms with E-state index in [0.29, 0.717) is 0 Å². The highest BCUT2D eigenvalue weighted by atomic mass is 79.9. The van der Waals surface area contributed by atoms with Gasteiger partial charge in [-0.05, 0) is 41.3 Å². The van der Waals surface area contributed by atoms with E-state index < -0.39 is 12.0 Å². The van der Waals surface area contributed by atoms with Crippen LogP contribution in [0.1, 0.15) is 13.8 Å². The minimum atomic E-state index is -0.831. The molecule has 1 atom stereocenters. The van der Waals surface area contributed by atoms with Gasteiger partial charge in [-0.1, -0.05) is 54.0 Å². The fourth-order valence-corrected chi connectivity index (χ4v) is 2.36. The fraction of sp³-hybridized carbons (Fsp3) is 0.235. The van der Waals surface area contributed by atoms with Crippen molar-refractivity contribution in [2.45, 2.75) is 19.9 Å². The number of carbonyl (C=O) groups is 1. The van der Waals surface area contributed by atoms with Crippen LogP contribution in [-0.2, 0) is 4.79 Å². The zero-order valence-electron chi connectivity index (χ0n) is 12.0. The average Bonchev–Trinajstić information content (AvgIpc) is 2.45. The van der Waals surface area contributed by atoms with Gasteiger partial charge in [0.15, 0.2) is 0 Å². The van der Waals surface area contributed by atoms with E-state index in [1.165, 1.54) is 0 Å². The monoisotopic (exact) mass is 347 g/mol. The summed E-state index contributed by atoms with van der Waals surface area (Å²) in [6, 6.07) is 15.3. The largest absolute Gasteiger partial charge is 0.480 e. The molecule has 3 nitrogen and oxygen atoms in total. The molecule has 0 saturated carbocycles. The molecule has 0 amide bonds. The lowest BCUT2D eigenvalue weighted by Gasteiger charge is -2.19. The van der Waals surface area contributed by atoms with Crippen molar-refractivity contribution in [3.05, 3.63) is 53.0 Å². The molecule has 0 aliphatic carbocycles. The van der Waals surface area contributed by atoms with Crippen LogP contribution in [0, 0.1) is 5.92 Å². The summed E-state index contributed by atoms with van der Waals surface area (Å²) in [5.74, 6) is -0.810. The molecule has 0 saturated heterocycles. The number of nitrogens with one attached hydrogen (secondary N) is 1. The number of benzene rings is 2. The minimum absolute atomic E-state index is 0.0219. The Morgan fingerprint density at radius 1 is 1.00 bits per heavy atom. The van der Waals surface area contributed by atoms with Crippen LogP contribution in [0.4, 0.5) is 5.69 Å². The van der Waals surface area contributed by atoms with Crippen molar-refractivity contribution in [1.82, 2.24) is 0 Å². The quantitative estimate of drug-likeness (QED) is 0.828. The Kier molecular flexibility index (Phi) is 5.02. The van der Waals surface area contributed by atoms with Crippen molar-refractivity contribution in [2.75, 3.05) is 5.32 Å². The highest BCUT2D eigenvalue weighted by Crippen LogP contribution is 2.24. The highest BCUT2D eigenvalue weighted by Gasteiger charge is 2.20. The third kappa shape index (κ3) is 4.08. The van der Waals surface area contributed by atoms with Crippen LogP contribution >= 0.6 is 15.9 Å². The Bertz CT molecular complexity index is 606. The van der Waals surface area contributed by atoms with Gasteiger partial charge in [-0.2, -0.15) is 0 Å². The number of carboxylic acids is 1. The molecule has 0 aliphatic rings. The lowest BCUT2D eigenvalue weighted by molar-refractivity contribution is -0.138. The van der Waals surface area contributed by atoms with Crippen LogP contribution in [-0.4, -0.2) is 17.1 Å². The molecule has 21 heavy (non-hydrogen) atoms. The Morgan fingerprint density at radius 3 is 1.90 bits per heavy atom. The maximum absolute atomic E-state index is 11.2. The zero-order valence-corrected chi connectivity index (χ0v) is 13.6. The first-order valence-corrected chi connectivity index (χ1v) is 7.62. The van der Waals surface area contributed by atoms with Gasteiger partial charge in [0.05, 0.1) is 0 Å². The van der Waals surface area contributed by atoms with Gasteiger partial charge >= 0.3 is 5.97 Å². The van der Waals surface area contributed by atoms with Gasteiger partial charge in [-0.25, -0.2) is 4.79 Å². The molecule has 2 N–H and O–H groups in total. The van der Waals surface area contributed by atoms with Gasteiger partial charge in [0.25, 0.3) is 0 Å². The molecule has 110 valence electrons. The average molecular weight is 348 g/mol. The van der Waals surface area contributed by atoms with Crippen molar-refractivity contribution in [3.8, 4) is 11.1 Å². The molecular weight excluding hydrogens is 330 g/mol. The Hall–Kier alpha value is -1.81. The first-order chi connectivity index (χ1) is 9.97. The summed E-state index contributed by atoms with van der Waals surface area (Å²) in [6.45, 7) is 3.78. The van der Waals surface area contributed by atoms with E-state index in [4.69, 9.17) is 0 Å². The van der Waals surface area contributed by atoms with E-state index in [1.54, 1.807) is 0 Å². The van der Waals surface area contributed by atoms with Crippen LogP contribution in [0.3, 0.4) is 0 Å². The maximum atomic E-state index is 11.2. The van der Waals surface area contributed by atoms with Gasteiger partial charge in [-0.3, -0.25) is 0 Å². The third-order valence-corrected chi connectivity index (χ3v) is 3.85. The topological polar surface area (TPSA) is 49.3 Å². The standard InChI is InChI=1S/C17H18BrNO2/c1-11(2)16(17(20)21)19-15-9-5-13(6-10-15)12-3-7-14(18)8-4-12/h3-11,16,19H,1-2H3,(H,20,21). The highest BCUT2D eigenvalue weighted by molar-refractivity contribution is 9.10. The van der Waals surface area contributed by atoms with Crippen LogP contribution in [0.25, 0.3) is 11.1 Å². The van der Waals surface area contributed by atoms with E-state index in [1.807, 2.05) is 62.4 Å². The summed E-state index contributed by atoms with van der Waals surface area (Å²) in [5, 5.41) is 12.3. The van der Waals surface area contributed by atoms with E-state index in [9.17, 15) is 9.90 Å². The van der Waals surface area contributed by atoms with Crippen LogP contribution in [0.2, 0.25) is 0 Å². The predicted octanol–water partition coefficient (Wildman–Crippen LogP) is 4.64. The second-order valence-electron chi connectivity index (χ2n) is 5.29. The molecule has 0 aromatic heterocycles. The summed E-state index contributed by atoms with van der Waals surface area (Å²) in [5.41, 5.74) is 3.05. The van der Waals surface area contributed by atoms with Gasteiger partial charge in [0.2, 0.25) is 0 Å². The van der Waals surface area contributed by atoms with Crippen LogP contribution in [0.5, 0.6) is 0 Å². The van der Waals surface area contributed by atoms with Crippen molar-refractivity contribution in [2.24, 2.45) is 5.92 Å². The molecule has 0 heterocycles. The lowest BCUT2D eigenvalue weighted by atomic mass is 10.0. The molecule has 1 unspecified atom stereocenters. The molecule has 2 aromatic carbocycles. The number of hydrogen-bond donors (Lipinski definition) is 2. The van der Waals surface area contributed by atoms with Gasteiger partial charge in [0.1, 0.15) is 6.04 Å². The second-order valence-corrected chi connectivity index (χ2v) is 6.20. The molecular formula is C17H18BrNO2. The second kappa shape index (κ2) is 6.76. The summed E-state index contributed by atoms with van der Waals surface area (Å²) in [7, 11) is 0. The van der Waals surface area contributed by atoms with E-state index in [2.05, 4.69) is 21.2 Å². The number of halogens is 1. The molecule has 4 heteroatoms. The van der Waals surface area contributed by atoms with Crippen molar-refractivity contribution in [3.63, 3.8) is 0 Å². The minimum Gasteiger partial charge on any atom is -0.480 e. The predicted molar refractivity (Wildman–Crippen MR) is 89.5 cm³/mol. The Morgan fingerprint density at radius 2 is 1.48 bits per heavy atom. The smallest absolute Gasteiger partial charge is 0.326 e. The SMILES string of the molecule is CC(C)C(Nc1ccc(-c2ccc(Br)cc2)cc1)C(=O)O. The van der Waals surface area contributed by atoms with Crippen molar-refractivity contribution < 1.29 is 9.90 Å². The van der Waals surface area contributed by atoms with Gasteiger partial charge in [0, 0.05) is 10.2 Å². The first-order valence-electron chi connectivity index (χ1n) is 6.82. The maximum Gasteiger partial charge on any atom is 0.326 e. The summed E-state index contributed by atoms with van der Waals surface area (Å²) in [4.78, 5) is 11.2. The summed E-state index contributed by atoms with van der Waals surface area (Å²) < 4.78 is 1.05. The molecule has 0 aliphatic heterocycles. The molecule has 2 aromatic rings. The number of aliphatic carboxylic acids is 1. The summed E-state index contributed by atoms with van der Waals surface area (Å²) >= 11 is 3.42. The van der Waals surface area contributed by atoms with Gasteiger partial charge in [-0.15, -0.1) is 0 Å². The van der Waals surface area contributed by atoms with E-state index >= 15 is 0 Å². The molecule has 2 rings (SSSR count). The molecule has 0 radical (unpaired) electrons. The van der Waals surface area contributed by atoms with Crippen LogP contribution < -0.4 is 5.32 Å². The lowest BCUT2D eigenvalue weighted by Crippen LogP contribution is -2.34. The Balaban J connectivity index is 2.15. The number of anilines is 1.